The molecule has 1 aromatic rings. The second-order valence-corrected chi connectivity index (χ2v) is 6.83. The van der Waals surface area contributed by atoms with Crippen molar-refractivity contribution in [3.05, 3.63) is 30.3 Å². The second-order valence-electron chi connectivity index (χ2n) is 3.52. The summed E-state index contributed by atoms with van der Waals surface area (Å²) in [5.41, 5.74) is 0. The molecule has 1 aromatic carbocycles. The summed E-state index contributed by atoms with van der Waals surface area (Å²) in [6.07, 6.45) is 0. The predicted octanol–water partition coefficient (Wildman–Crippen LogP) is 0.750. The molecule has 0 aromatic heterocycles. The number of hydrogen-bond acceptors (Lipinski definition) is 3. The van der Waals surface area contributed by atoms with Gasteiger partial charge in [-0.1, -0.05) is 0 Å². The topological polar surface area (TPSA) is 46.5 Å². The van der Waals surface area contributed by atoms with Gasteiger partial charge in [0.2, 0.25) is 0 Å². The van der Waals surface area contributed by atoms with Gasteiger partial charge in [-0.05, 0) is 0 Å². The fraction of sp³-hybridized carbons (Fsp3) is 0.417. The van der Waals surface area contributed by atoms with Crippen molar-refractivity contribution in [3.8, 4) is 0 Å². The molecule has 0 fully saturated rings. The van der Waals surface area contributed by atoms with Crippen molar-refractivity contribution in [1.82, 2.24) is 0 Å². The minimum atomic E-state index is -0.787. The van der Waals surface area contributed by atoms with Gasteiger partial charge in [0.1, 0.15) is 0 Å². The first kappa shape index (κ1) is 13.2. The third kappa shape index (κ3) is 3.34. The summed E-state index contributed by atoms with van der Waals surface area (Å²) >= 11 is -0.130. The van der Waals surface area contributed by atoms with Crippen molar-refractivity contribution in [2.24, 2.45) is 0 Å². The number of aliphatic hydroxyl groups is 1. The Morgan fingerprint density at radius 3 is 2.56 bits per heavy atom. The zero-order valence-corrected chi connectivity index (χ0v) is 11.2. The van der Waals surface area contributed by atoms with Gasteiger partial charge in [-0.25, -0.2) is 0 Å². The van der Waals surface area contributed by atoms with E-state index in [4.69, 9.17) is 4.74 Å². The van der Waals surface area contributed by atoms with E-state index in [1.165, 1.54) is 0 Å². The molecular formula is C12H16O3Se. The fourth-order valence-electron chi connectivity index (χ4n) is 1.17. The van der Waals surface area contributed by atoms with Gasteiger partial charge in [0.25, 0.3) is 0 Å². The molecule has 0 aliphatic rings. The van der Waals surface area contributed by atoms with Crippen LogP contribution in [-0.2, 0) is 9.53 Å². The van der Waals surface area contributed by atoms with Gasteiger partial charge < -0.3 is 0 Å². The van der Waals surface area contributed by atoms with Gasteiger partial charge in [-0.2, -0.15) is 0 Å². The Kier molecular flexibility index (Phi) is 5.00. The first-order chi connectivity index (χ1) is 7.62. The molecule has 0 saturated carbocycles. The standard InChI is InChI=1S/C12H16O3Se/c1-3-15-11(14)12(2,9-13)16-10-7-5-4-6-8-10/h4-8,13H,3,9H2,1-2H3/t12-/m0/s1. The van der Waals surface area contributed by atoms with Gasteiger partial charge in [-0.3, -0.25) is 0 Å². The molecule has 1 rings (SSSR count). The summed E-state index contributed by atoms with van der Waals surface area (Å²) in [5.74, 6) is -0.318. The molecule has 88 valence electrons. The molecular weight excluding hydrogens is 271 g/mol. The number of ether oxygens (including phenoxy) is 1. The van der Waals surface area contributed by atoms with Crippen LogP contribution in [-0.4, -0.2) is 39.2 Å². The van der Waals surface area contributed by atoms with Crippen LogP contribution in [0, 0.1) is 0 Å². The molecule has 0 spiro atoms. The second kappa shape index (κ2) is 6.04. The van der Waals surface area contributed by atoms with Gasteiger partial charge in [-0.15, -0.1) is 0 Å². The van der Waals surface area contributed by atoms with E-state index < -0.39 is 4.31 Å². The molecule has 0 amide bonds. The van der Waals surface area contributed by atoms with E-state index in [0.29, 0.717) is 6.61 Å². The van der Waals surface area contributed by atoms with Crippen LogP contribution in [0.1, 0.15) is 13.8 Å². The number of carbonyl (C=O) groups is 1. The van der Waals surface area contributed by atoms with Gasteiger partial charge in [0.05, 0.1) is 0 Å². The van der Waals surface area contributed by atoms with Gasteiger partial charge >= 0.3 is 102 Å². The molecule has 0 aliphatic heterocycles. The summed E-state index contributed by atoms with van der Waals surface area (Å²) in [6, 6.07) is 9.72. The molecule has 0 bridgehead atoms. The van der Waals surface area contributed by atoms with Crippen LogP contribution in [0.15, 0.2) is 30.3 Å². The molecule has 0 heterocycles. The maximum atomic E-state index is 11.7. The number of carbonyl (C=O) groups excluding carboxylic acids is 1. The Balaban J connectivity index is 2.78. The van der Waals surface area contributed by atoms with E-state index in [0.717, 1.165) is 4.46 Å². The van der Waals surface area contributed by atoms with E-state index in [-0.39, 0.29) is 27.5 Å². The maximum absolute atomic E-state index is 11.7. The van der Waals surface area contributed by atoms with E-state index in [1.54, 1.807) is 13.8 Å². The van der Waals surface area contributed by atoms with Crippen molar-refractivity contribution in [2.75, 3.05) is 13.2 Å². The first-order valence-corrected chi connectivity index (χ1v) is 6.86. The normalized spacial score (nSPS) is 14.2. The van der Waals surface area contributed by atoms with Crippen LogP contribution in [0.3, 0.4) is 0 Å². The van der Waals surface area contributed by atoms with Crippen LogP contribution in [0.2, 0.25) is 4.31 Å². The minimum absolute atomic E-state index is 0.130. The van der Waals surface area contributed by atoms with Crippen molar-refractivity contribution in [2.45, 2.75) is 18.2 Å². The monoisotopic (exact) mass is 288 g/mol. The summed E-state index contributed by atoms with van der Waals surface area (Å²) < 4.78 is 5.28. The average Bonchev–Trinajstić information content (AvgIpc) is 2.30. The third-order valence-corrected chi connectivity index (χ3v) is 4.73. The number of hydrogen-bond donors (Lipinski definition) is 1. The predicted molar refractivity (Wildman–Crippen MR) is 63.9 cm³/mol. The Morgan fingerprint density at radius 1 is 1.44 bits per heavy atom. The van der Waals surface area contributed by atoms with E-state index >= 15 is 0 Å². The molecule has 0 unspecified atom stereocenters. The Hall–Kier alpha value is -0.831. The van der Waals surface area contributed by atoms with Crippen LogP contribution in [0.25, 0.3) is 0 Å². The number of esters is 1. The summed E-state index contributed by atoms with van der Waals surface area (Å²) in [7, 11) is 0. The summed E-state index contributed by atoms with van der Waals surface area (Å²) in [4.78, 5) is 11.7. The third-order valence-electron chi connectivity index (χ3n) is 2.10. The zero-order valence-electron chi connectivity index (χ0n) is 9.47. The van der Waals surface area contributed by atoms with E-state index in [1.807, 2.05) is 30.3 Å². The van der Waals surface area contributed by atoms with Gasteiger partial charge in [0.15, 0.2) is 0 Å². The molecule has 0 radical (unpaired) electrons. The number of benzene rings is 1. The molecule has 0 saturated heterocycles. The average molecular weight is 287 g/mol. The quantitative estimate of drug-likeness (QED) is 0.642. The Bertz CT molecular complexity index is 339. The van der Waals surface area contributed by atoms with Crippen LogP contribution >= 0.6 is 0 Å². The van der Waals surface area contributed by atoms with Crippen LogP contribution < -0.4 is 4.46 Å². The number of rotatable bonds is 5. The van der Waals surface area contributed by atoms with Crippen LogP contribution in [0.5, 0.6) is 0 Å². The number of aliphatic hydroxyl groups excluding tert-OH is 1. The Labute approximate surface area is 102 Å². The van der Waals surface area contributed by atoms with E-state index in [9.17, 15) is 9.90 Å². The van der Waals surface area contributed by atoms with Crippen molar-refractivity contribution in [1.29, 1.82) is 0 Å². The molecule has 0 aliphatic carbocycles. The molecule has 16 heavy (non-hydrogen) atoms. The van der Waals surface area contributed by atoms with Crippen molar-refractivity contribution < 1.29 is 14.6 Å². The fourth-order valence-corrected chi connectivity index (χ4v) is 3.31. The zero-order chi connectivity index (χ0) is 12.0. The Morgan fingerprint density at radius 2 is 2.06 bits per heavy atom. The molecule has 1 atom stereocenters. The van der Waals surface area contributed by atoms with Crippen molar-refractivity contribution >= 4 is 25.4 Å². The summed E-state index contributed by atoms with van der Waals surface area (Å²) in [5, 5.41) is 9.36. The molecule has 4 heteroatoms. The van der Waals surface area contributed by atoms with E-state index in [2.05, 4.69) is 0 Å². The van der Waals surface area contributed by atoms with Gasteiger partial charge in [0, 0.05) is 0 Å². The van der Waals surface area contributed by atoms with Crippen LogP contribution in [0.4, 0.5) is 0 Å². The summed E-state index contributed by atoms with van der Waals surface area (Å²) in [6.45, 7) is 3.68. The van der Waals surface area contributed by atoms with Crippen molar-refractivity contribution in [3.63, 3.8) is 0 Å². The molecule has 3 nitrogen and oxygen atoms in total. The SMILES string of the molecule is CCOC(=O)[C@](C)(CO)[Se]c1ccccc1. The molecule has 1 N–H and O–H groups in total. The first-order valence-electron chi connectivity index (χ1n) is 5.14.